The van der Waals surface area contributed by atoms with Crippen molar-refractivity contribution in [3.05, 3.63) is 77.2 Å². The van der Waals surface area contributed by atoms with Crippen LogP contribution < -0.4 is 10.6 Å². The zero-order chi connectivity index (χ0) is 30.0. The number of nitriles is 1. The summed E-state index contributed by atoms with van der Waals surface area (Å²) < 4.78 is 19.5. The summed E-state index contributed by atoms with van der Waals surface area (Å²) in [5, 5.41) is 15.1. The summed E-state index contributed by atoms with van der Waals surface area (Å²) in [4.78, 5) is 30.4. The summed E-state index contributed by atoms with van der Waals surface area (Å²) in [5.41, 5.74) is 2.71. The van der Waals surface area contributed by atoms with Crippen LogP contribution in [0.3, 0.4) is 0 Å². The maximum Gasteiger partial charge on any atom is 0.255 e. The van der Waals surface area contributed by atoms with E-state index in [4.69, 9.17) is 9.40 Å². The summed E-state index contributed by atoms with van der Waals surface area (Å²) in [5.74, 6) is -0.838. The zero-order valence-electron chi connectivity index (χ0n) is 24.4. The highest BCUT2D eigenvalue weighted by Crippen LogP contribution is 2.36. The fraction of sp³-hybridized carbons (Fsp3) is 0.312. The molecular formula is C32H37FN4O3. The van der Waals surface area contributed by atoms with Gasteiger partial charge < -0.3 is 15.1 Å². The molecule has 2 N–H and O–H groups in total. The number of furan rings is 1. The van der Waals surface area contributed by atoms with Gasteiger partial charge in [0.25, 0.3) is 11.8 Å². The zero-order valence-corrected chi connectivity index (χ0v) is 24.4. The van der Waals surface area contributed by atoms with Gasteiger partial charge in [0.15, 0.2) is 0 Å². The fourth-order valence-electron chi connectivity index (χ4n) is 3.95. The quantitative estimate of drug-likeness (QED) is 0.265. The molecule has 0 saturated heterocycles. The summed E-state index contributed by atoms with van der Waals surface area (Å²) in [6.45, 7) is 13.2. The van der Waals surface area contributed by atoms with E-state index in [0.29, 0.717) is 34.3 Å². The van der Waals surface area contributed by atoms with Gasteiger partial charge in [-0.3, -0.25) is 9.59 Å². The highest BCUT2D eigenvalue weighted by atomic mass is 19.1. The Kier molecular flexibility index (Phi) is 11.1. The average molecular weight is 545 g/mol. The second-order valence-electron chi connectivity index (χ2n) is 8.85. The van der Waals surface area contributed by atoms with Crippen LogP contribution in [0.2, 0.25) is 0 Å². The van der Waals surface area contributed by atoms with Crippen LogP contribution in [-0.4, -0.2) is 29.4 Å². The van der Waals surface area contributed by atoms with E-state index in [1.165, 1.54) is 19.2 Å². The van der Waals surface area contributed by atoms with E-state index in [9.17, 15) is 19.2 Å². The summed E-state index contributed by atoms with van der Waals surface area (Å²) in [7, 11) is 1.52. The number of aryl methyl sites for hydroxylation is 1. The molecule has 4 aromatic rings. The summed E-state index contributed by atoms with van der Waals surface area (Å²) in [6, 6.07) is 16.6. The lowest BCUT2D eigenvalue weighted by molar-refractivity contribution is 0.0927. The number of hydrogen-bond donors (Lipinski definition) is 2. The standard InChI is InChI=1S/C28H25FN4O3.2C2H6/c1-5-22-20(17-7-6-8-18(13-17)25(34)33-28(2,3)15-30)14-21-23(26(35)31-4)24(36-27(21)32-22)16-9-11-19(29)12-10-16;2*1-2/h6-14H,5H2,1-4H3,(H,31,35)(H,33,34);2*1-2H3. The number of hydrogen-bond acceptors (Lipinski definition) is 5. The number of aromatic nitrogens is 1. The molecule has 0 spiro atoms. The fourth-order valence-corrected chi connectivity index (χ4v) is 3.95. The van der Waals surface area contributed by atoms with Crippen LogP contribution >= 0.6 is 0 Å². The Bertz CT molecular complexity index is 1520. The second kappa shape index (κ2) is 14.0. The Labute approximate surface area is 235 Å². The molecule has 0 aliphatic carbocycles. The third kappa shape index (κ3) is 6.92. The number of amides is 2. The van der Waals surface area contributed by atoms with Crippen LogP contribution in [0.1, 0.15) is 74.9 Å². The number of nitrogens with zero attached hydrogens (tertiary/aromatic N) is 2. The van der Waals surface area contributed by atoms with Gasteiger partial charge in [-0.15, -0.1) is 0 Å². The number of nitrogens with one attached hydrogen (secondary N) is 2. The van der Waals surface area contributed by atoms with Gasteiger partial charge in [-0.25, -0.2) is 9.37 Å². The monoisotopic (exact) mass is 544 g/mol. The molecule has 0 bridgehead atoms. The Morgan fingerprint density at radius 2 is 1.65 bits per heavy atom. The second-order valence-corrected chi connectivity index (χ2v) is 8.85. The summed E-state index contributed by atoms with van der Waals surface area (Å²) >= 11 is 0. The van der Waals surface area contributed by atoms with Gasteiger partial charge in [0.05, 0.1) is 22.7 Å². The molecule has 0 radical (unpaired) electrons. The highest BCUT2D eigenvalue weighted by Gasteiger charge is 2.25. The van der Waals surface area contributed by atoms with Gasteiger partial charge in [-0.1, -0.05) is 46.8 Å². The average Bonchev–Trinajstić information content (AvgIpc) is 3.36. The van der Waals surface area contributed by atoms with Gasteiger partial charge >= 0.3 is 0 Å². The normalized spacial score (nSPS) is 10.4. The van der Waals surface area contributed by atoms with Crippen molar-refractivity contribution < 1.29 is 18.4 Å². The largest absolute Gasteiger partial charge is 0.437 e. The SMILES string of the molecule is CC.CC.CCc1nc2oc(-c3ccc(F)cc3)c(C(=O)NC)c2cc1-c1cccc(C(=O)NC(C)(C)C#N)c1. The van der Waals surface area contributed by atoms with Crippen LogP contribution in [-0.2, 0) is 6.42 Å². The number of fused-ring (bicyclic) bond motifs is 1. The number of carbonyl (C=O) groups is 2. The van der Waals surface area contributed by atoms with Gasteiger partial charge in [-0.05, 0) is 68.3 Å². The van der Waals surface area contributed by atoms with Crippen molar-refractivity contribution in [3.8, 4) is 28.5 Å². The van der Waals surface area contributed by atoms with Crippen molar-refractivity contribution >= 4 is 22.9 Å². The first-order valence-electron chi connectivity index (χ1n) is 13.5. The first kappa shape index (κ1) is 31.7. The lowest BCUT2D eigenvalue weighted by Crippen LogP contribution is -2.42. The van der Waals surface area contributed by atoms with E-state index in [2.05, 4.69) is 16.7 Å². The predicted octanol–water partition coefficient (Wildman–Crippen LogP) is 7.31. The molecule has 0 unspecified atom stereocenters. The molecule has 2 aromatic heterocycles. The number of pyridine rings is 1. The van der Waals surface area contributed by atoms with E-state index in [1.54, 1.807) is 44.2 Å². The van der Waals surface area contributed by atoms with Gasteiger partial charge in [0.2, 0.25) is 5.71 Å². The van der Waals surface area contributed by atoms with Crippen molar-refractivity contribution in [1.82, 2.24) is 15.6 Å². The molecular weight excluding hydrogens is 507 g/mol. The van der Waals surface area contributed by atoms with Crippen molar-refractivity contribution in [2.75, 3.05) is 7.05 Å². The number of benzene rings is 2. The molecule has 0 saturated carbocycles. The van der Waals surface area contributed by atoms with Crippen LogP contribution in [0.5, 0.6) is 0 Å². The minimum Gasteiger partial charge on any atom is -0.437 e. The summed E-state index contributed by atoms with van der Waals surface area (Å²) in [6.07, 6.45) is 0.574. The van der Waals surface area contributed by atoms with Crippen LogP contribution in [0.15, 0.2) is 59.0 Å². The molecule has 0 aliphatic rings. The van der Waals surface area contributed by atoms with Crippen LogP contribution in [0.25, 0.3) is 33.6 Å². The van der Waals surface area contributed by atoms with E-state index in [1.807, 2.05) is 46.8 Å². The van der Waals surface area contributed by atoms with E-state index in [0.717, 1.165) is 16.8 Å². The van der Waals surface area contributed by atoms with Gasteiger partial charge in [0, 0.05) is 23.7 Å². The van der Waals surface area contributed by atoms with Gasteiger partial charge in [0.1, 0.15) is 17.1 Å². The van der Waals surface area contributed by atoms with Crippen molar-refractivity contribution in [1.29, 1.82) is 5.26 Å². The highest BCUT2D eigenvalue weighted by molar-refractivity contribution is 6.11. The van der Waals surface area contributed by atoms with Crippen molar-refractivity contribution in [2.24, 2.45) is 0 Å². The Hall–Kier alpha value is -4.51. The lowest BCUT2D eigenvalue weighted by Gasteiger charge is -2.18. The molecule has 4 rings (SSSR count). The van der Waals surface area contributed by atoms with E-state index < -0.39 is 11.4 Å². The third-order valence-corrected chi connectivity index (χ3v) is 5.80. The van der Waals surface area contributed by atoms with Crippen LogP contribution in [0, 0.1) is 17.1 Å². The molecule has 8 heteroatoms. The van der Waals surface area contributed by atoms with Crippen LogP contribution in [0.4, 0.5) is 4.39 Å². The third-order valence-electron chi connectivity index (χ3n) is 5.80. The Balaban J connectivity index is 0.00000134. The smallest absolute Gasteiger partial charge is 0.255 e. The number of rotatable bonds is 6. The van der Waals surface area contributed by atoms with Crippen molar-refractivity contribution in [3.63, 3.8) is 0 Å². The Morgan fingerprint density at radius 1 is 1.00 bits per heavy atom. The molecule has 2 aromatic carbocycles. The Morgan fingerprint density at radius 3 is 2.23 bits per heavy atom. The molecule has 2 heterocycles. The topological polar surface area (TPSA) is 108 Å². The minimum absolute atomic E-state index is 0.290. The minimum atomic E-state index is -1.02. The lowest BCUT2D eigenvalue weighted by atomic mass is 9.97. The number of carbonyl (C=O) groups excluding carboxylic acids is 2. The number of halogens is 1. The first-order valence-corrected chi connectivity index (χ1v) is 13.5. The molecule has 0 aliphatic heterocycles. The predicted molar refractivity (Wildman–Crippen MR) is 157 cm³/mol. The molecule has 7 nitrogen and oxygen atoms in total. The van der Waals surface area contributed by atoms with E-state index in [-0.39, 0.29) is 17.5 Å². The molecule has 0 atom stereocenters. The van der Waals surface area contributed by atoms with Crippen molar-refractivity contribution in [2.45, 2.75) is 60.4 Å². The van der Waals surface area contributed by atoms with E-state index >= 15 is 0 Å². The first-order chi connectivity index (χ1) is 19.2. The molecule has 0 fully saturated rings. The molecule has 2 amide bonds. The molecule has 210 valence electrons. The maximum absolute atomic E-state index is 13.5. The molecule has 40 heavy (non-hydrogen) atoms. The van der Waals surface area contributed by atoms with Gasteiger partial charge in [-0.2, -0.15) is 5.26 Å². The maximum atomic E-state index is 13.5.